The van der Waals surface area contributed by atoms with Crippen LogP contribution in [0.25, 0.3) is 0 Å². The van der Waals surface area contributed by atoms with Gasteiger partial charge in [-0.25, -0.2) is 8.42 Å². The third kappa shape index (κ3) is 5.95. The molecule has 0 saturated carbocycles. The molecule has 1 aromatic carbocycles. The second kappa shape index (κ2) is 5.59. The number of aliphatic imine (C=N–C) groups is 1. The van der Waals surface area contributed by atoms with Crippen molar-refractivity contribution in [2.24, 2.45) is 4.99 Å². The maximum absolute atomic E-state index is 10.0. The van der Waals surface area contributed by atoms with Crippen LogP contribution in [0.5, 0.6) is 0 Å². The highest BCUT2D eigenvalue weighted by molar-refractivity contribution is 7.80. The second-order valence-corrected chi connectivity index (χ2v) is 3.73. The van der Waals surface area contributed by atoms with Crippen molar-refractivity contribution in [3.8, 4) is 0 Å². The van der Waals surface area contributed by atoms with E-state index in [0.717, 1.165) is 5.56 Å². The molecule has 0 unspecified atom stereocenters. The number of benzene rings is 1. The van der Waals surface area contributed by atoms with Gasteiger partial charge in [0.1, 0.15) is 0 Å². The highest BCUT2D eigenvalue weighted by Gasteiger charge is 1.91. The molecule has 0 N–H and O–H groups in total. The molecule has 1 aromatic rings. The molecule has 0 amide bonds. The van der Waals surface area contributed by atoms with Crippen molar-refractivity contribution in [3.05, 3.63) is 35.9 Å². The molecule has 6 heteroatoms. The molecule has 0 aliphatic rings. The predicted molar refractivity (Wildman–Crippen MR) is 54.6 cm³/mol. The third-order valence-corrected chi connectivity index (χ3v) is 1.94. The summed E-state index contributed by atoms with van der Waals surface area (Å²) in [5.41, 5.74) is 0.905. The second-order valence-electron chi connectivity index (χ2n) is 2.68. The van der Waals surface area contributed by atoms with E-state index in [-0.39, 0.29) is 13.2 Å². The summed E-state index contributed by atoms with van der Waals surface area (Å²) < 4.78 is 34.1. The molecular formula is C9H10NO4S-. The maximum atomic E-state index is 10.0. The molecule has 1 rings (SSSR count). The summed E-state index contributed by atoms with van der Waals surface area (Å²) in [5.74, 6) is 0. The Morgan fingerprint density at radius 3 is 2.60 bits per heavy atom. The van der Waals surface area contributed by atoms with E-state index < -0.39 is 10.4 Å². The smallest absolute Gasteiger partial charge is 0.217 e. The minimum absolute atomic E-state index is 0.135. The van der Waals surface area contributed by atoms with Crippen molar-refractivity contribution in [1.29, 1.82) is 0 Å². The highest BCUT2D eigenvalue weighted by Crippen LogP contribution is 1.94. The molecule has 0 fully saturated rings. The fourth-order valence-corrected chi connectivity index (χ4v) is 1.18. The van der Waals surface area contributed by atoms with Gasteiger partial charge in [-0.3, -0.25) is 9.18 Å². The lowest BCUT2D eigenvalue weighted by Crippen LogP contribution is -2.07. The first-order valence-electron chi connectivity index (χ1n) is 4.23. The SMILES string of the molecule is O=S(=O)([O-])OCCN=Cc1ccccc1. The molecule has 0 atom stereocenters. The molecule has 0 aliphatic heterocycles. The van der Waals surface area contributed by atoms with Crippen molar-refractivity contribution < 1.29 is 17.2 Å². The maximum Gasteiger partial charge on any atom is 0.217 e. The molecule has 0 bridgehead atoms. The van der Waals surface area contributed by atoms with Crippen LogP contribution in [0, 0.1) is 0 Å². The van der Waals surface area contributed by atoms with Crippen LogP contribution in [-0.4, -0.2) is 32.3 Å². The molecule has 5 nitrogen and oxygen atoms in total. The zero-order chi connectivity index (χ0) is 11.1. The van der Waals surface area contributed by atoms with Crippen LogP contribution >= 0.6 is 0 Å². The lowest BCUT2D eigenvalue weighted by Gasteiger charge is -2.04. The summed E-state index contributed by atoms with van der Waals surface area (Å²) in [7, 11) is -4.59. The van der Waals surface area contributed by atoms with Gasteiger partial charge in [0.2, 0.25) is 10.4 Å². The Balaban J connectivity index is 2.30. The van der Waals surface area contributed by atoms with E-state index in [4.69, 9.17) is 0 Å². The van der Waals surface area contributed by atoms with Gasteiger partial charge in [0.25, 0.3) is 0 Å². The minimum Gasteiger partial charge on any atom is -0.726 e. The first-order valence-corrected chi connectivity index (χ1v) is 5.56. The normalized spacial score (nSPS) is 12.1. The lowest BCUT2D eigenvalue weighted by molar-refractivity contribution is 0.269. The summed E-state index contributed by atoms with van der Waals surface area (Å²) in [4.78, 5) is 3.89. The topological polar surface area (TPSA) is 78.8 Å². The number of hydrogen-bond acceptors (Lipinski definition) is 5. The van der Waals surface area contributed by atoms with Crippen LogP contribution in [0.4, 0.5) is 0 Å². The van der Waals surface area contributed by atoms with Crippen LogP contribution in [0.2, 0.25) is 0 Å². The summed E-state index contributed by atoms with van der Waals surface area (Å²) in [6.45, 7) is -0.0917. The summed E-state index contributed by atoms with van der Waals surface area (Å²) in [6.07, 6.45) is 1.58. The van der Waals surface area contributed by atoms with Crippen LogP contribution in [0.3, 0.4) is 0 Å². The van der Waals surface area contributed by atoms with Gasteiger partial charge in [-0.2, -0.15) is 0 Å². The Bertz CT molecular complexity index is 413. The van der Waals surface area contributed by atoms with Crippen molar-refractivity contribution in [2.45, 2.75) is 0 Å². The van der Waals surface area contributed by atoms with E-state index in [1.54, 1.807) is 6.21 Å². The average Bonchev–Trinajstić information content (AvgIpc) is 2.17. The van der Waals surface area contributed by atoms with E-state index in [1.165, 1.54) is 0 Å². The van der Waals surface area contributed by atoms with Crippen molar-refractivity contribution in [2.75, 3.05) is 13.2 Å². The average molecular weight is 228 g/mol. The zero-order valence-corrected chi connectivity index (χ0v) is 8.68. The van der Waals surface area contributed by atoms with Crippen LogP contribution in [-0.2, 0) is 14.6 Å². The van der Waals surface area contributed by atoms with Crippen LogP contribution < -0.4 is 0 Å². The molecule has 15 heavy (non-hydrogen) atoms. The first kappa shape index (κ1) is 11.8. The molecule has 0 spiro atoms. The Morgan fingerprint density at radius 1 is 1.33 bits per heavy atom. The fourth-order valence-electron chi connectivity index (χ4n) is 0.901. The van der Waals surface area contributed by atoms with Gasteiger partial charge in [-0.15, -0.1) is 0 Å². The summed E-state index contributed by atoms with van der Waals surface area (Å²) in [6, 6.07) is 9.31. The molecule has 0 saturated heterocycles. The third-order valence-electron chi connectivity index (χ3n) is 1.49. The summed E-state index contributed by atoms with van der Waals surface area (Å²) in [5, 5.41) is 0. The van der Waals surface area contributed by atoms with Gasteiger partial charge in [0.15, 0.2) is 0 Å². The van der Waals surface area contributed by atoms with Crippen LogP contribution in [0.15, 0.2) is 35.3 Å². The number of hydrogen-bond donors (Lipinski definition) is 0. The standard InChI is InChI=1S/C9H11NO4S/c11-15(12,13)14-7-6-10-8-9-4-2-1-3-5-9/h1-5,8H,6-7H2,(H,11,12,13)/p-1. The molecule has 0 radical (unpaired) electrons. The highest BCUT2D eigenvalue weighted by atomic mass is 32.3. The fraction of sp³-hybridized carbons (Fsp3) is 0.222. The first-order chi connectivity index (χ1) is 7.08. The van der Waals surface area contributed by atoms with Crippen molar-refractivity contribution >= 4 is 16.6 Å². The predicted octanol–water partition coefficient (Wildman–Crippen LogP) is 0.582. The molecular weight excluding hydrogens is 218 g/mol. The van der Waals surface area contributed by atoms with E-state index in [2.05, 4.69) is 9.18 Å². The van der Waals surface area contributed by atoms with Crippen molar-refractivity contribution in [1.82, 2.24) is 0 Å². The zero-order valence-electron chi connectivity index (χ0n) is 7.87. The Morgan fingerprint density at radius 2 is 2.00 bits per heavy atom. The summed E-state index contributed by atoms with van der Waals surface area (Å²) >= 11 is 0. The van der Waals surface area contributed by atoms with Gasteiger partial charge in [-0.1, -0.05) is 30.3 Å². The lowest BCUT2D eigenvalue weighted by atomic mass is 10.2. The van der Waals surface area contributed by atoms with E-state index in [1.807, 2.05) is 30.3 Å². The van der Waals surface area contributed by atoms with Gasteiger partial charge < -0.3 is 4.55 Å². The number of nitrogens with zero attached hydrogens (tertiary/aromatic N) is 1. The van der Waals surface area contributed by atoms with Crippen molar-refractivity contribution in [3.63, 3.8) is 0 Å². The molecule has 0 aliphatic carbocycles. The molecule has 0 aromatic heterocycles. The monoisotopic (exact) mass is 228 g/mol. The molecule has 0 heterocycles. The number of rotatable bonds is 5. The largest absolute Gasteiger partial charge is 0.726 e. The van der Waals surface area contributed by atoms with E-state index in [9.17, 15) is 13.0 Å². The van der Waals surface area contributed by atoms with E-state index >= 15 is 0 Å². The Hall–Kier alpha value is -1.24. The Labute approximate surface area is 88.4 Å². The van der Waals surface area contributed by atoms with Gasteiger partial charge >= 0.3 is 0 Å². The Kier molecular flexibility index (Phi) is 4.41. The van der Waals surface area contributed by atoms with Gasteiger partial charge in [-0.05, 0) is 5.56 Å². The quantitative estimate of drug-likeness (QED) is 0.319. The molecule has 82 valence electrons. The van der Waals surface area contributed by atoms with Gasteiger partial charge in [0, 0.05) is 6.21 Å². The van der Waals surface area contributed by atoms with E-state index in [0.29, 0.717) is 0 Å². The van der Waals surface area contributed by atoms with Gasteiger partial charge in [0.05, 0.1) is 13.2 Å². The minimum atomic E-state index is -4.59. The van der Waals surface area contributed by atoms with Crippen LogP contribution in [0.1, 0.15) is 5.56 Å².